The van der Waals surface area contributed by atoms with Gasteiger partial charge in [0.1, 0.15) is 11.6 Å². The van der Waals surface area contributed by atoms with Crippen molar-refractivity contribution in [1.29, 1.82) is 0 Å². The summed E-state index contributed by atoms with van der Waals surface area (Å²) in [6.07, 6.45) is -0.620. The lowest BCUT2D eigenvalue weighted by Crippen LogP contribution is -2.49. The Morgan fingerprint density at radius 3 is 2.42 bits per heavy atom. The Labute approximate surface area is 147 Å². The van der Waals surface area contributed by atoms with Gasteiger partial charge in [-0.25, -0.2) is 9.86 Å². The van der Waals surface area contributed by atoms with Crippen LogP contribution in [0.25, 0.3) is 0 Å². The van der Waals surface area contributed by atoms with E-state index in [2.05, 4.69) is 5.32 Å². The third kappa shape index (κ3) is 7.70. The highest BCUT2D eigenvalue weighted by molar-refractivity contribution is 7.98. The topological polar surface area (TPSA) is 67.9 Å². The van der Waals surface area contributed by atoms with Crippen LogP contribution >= 0.6 is 11.8 Å². The zero-order valence-corrected chi connectivity index (χ0v) is 15.7. The number of hydrogen-bond donors (Lipinski definition) is 1. The second-order valence-electron chi connectivity index (χ2n) is 6.22. The lowest BCUT2D eigenvalue weighted by Gasteiger charge is -2.25. The summed E-state index contributed by atoms with van der Waals surface area (Å²) in [5.41, 5.74) is 0.535. The number of thioether (sulfide) groups is 1. The second kappa shape index (κ2) is 9.54. The number of carbonyl (C=O) groups is 2. The number of rotatable bonds is 7. The number of benzene rings is 1. The zero-order chi connectivity index (χ0) is 18.2. The van der Waals surface area contributed by atoms with E-state index in [9.17, 15) is 9.59 Å². The molecular formula is C17H26N2O4S. The maximum absolute atomic E-state index is 12.3. The normalized spacial score (nSPS) is 12.4. The summed E-state index contributed by atoms with van der Waals surface area (Å²) in [6, 6.07) is 9.21. The van der Waals surface area contributed by atoms with E-state index in [0.717, 1.165) is 16.4 Å². The van der Waals surface area contributed by atoms with E-state index in [0.29, 0.717) is 5.75 Å². The highest BCUT2D eigenvalue weighted by atomic mass is 32.2. The van der Waals surface area contributed by atoms with Crippen molar-refractivity contribution in [3.05, 3.63) is 35.9 Å². The Morgan fingerprint density at radius 2 is 1.88 bits per heavy atom. The number of ether oxygens (including phenoxy) is 1. The maximum Gasteiger partial charge on any atom is 0.408 e. The Bertz CT molecular complexity index is 531. The summed E-state index contributed by atoms with van der Waals surface area (Å²) in [4.78, 5) is 29.2. The van der Waals surface area contributed by atoms with Crippen molar-refractivity contribution in [3.63, 3.8) is 0 Å². The molecule has 2 amide bonds. The van der Waals surface area contributed by atoms with Gasteiger partial charge in [-0.05, 0) is 26.3 Å². The smallest absolute Gasteiger partial charge is 0.408 e. The molecule has 0 bridgehead atoms. The summed E-state index contributed by atoms with van der Waals surface area (Å²) < 4.78 is 5.23. The van der Waals surface area contributed by atoms with Crippen molar-refractivity contribution < 1.29 is 19.2 Å². The van der Waals surface area contributed by atoms with Crippen molar-refractivity contribution in [2.45, 2.75) is 38.2 Å². The van der Waals surface area contributed by atoms with Gasteiger partial charge >= 0.3 is 6.09 Å². The predicted octanol–water partition coefficient (Wildman–Crippen LogP) is 2.83. The van der Waals surface area contributed by atoms with Crippen molar-refractivity contribution in [2.75, 3.05) is 19.9 Å². The van der Waals surface area contributed by atoms with Crippen molar-refractivity contribution >= 4 is 23.8 Å². The van der Waals surface area contributed by atoms with Crippen LogP contribution in [0.5, 0.6) is 0 Å². The standard InChI is InChI=1S/C17H26N2O4S/c1-17(2,3)23-16(21)18-14(15(20)19(4)22-5)12-24-11-13-9-7-6-8-10-13/h6-10,14H,11-12H2,1-5H3,(H,18,21)/t14-/m0/s1. The Morgan fingerprint density at radius 1 is 1.25 bits per heavy atom. The Balaban J connectivity index is 2.63. The highest BCUT2D eigenvalue weighted by Crippen LogP contribution is 2.14. The first-order valence-corrected chi connectivity index (χ1v) is 8.81. The fourth-order valence-corrected chi connectivity index (χ4v) is 2.81. The highest BCUT2D eigenvalue weighted by Gasteiger charge is 2.26. The fraction of sp³-hybridized carbons (Fsp3) is 0.529. The first-order valence-electron chi connectivity index (χ1n) is 7.66. The molecule has 1 atom stereocenters. The van der Waals surface area contributed by atoms with Gasteiger partial charge in [-0.15, -0.1) is 0 Å². The molecular weight excluding hydrogens is 328 g/mol. The molecule has 0 aliphatic heterocycles. The molecule has 24 heavy (non-hydrogen) atoms. The minimum Gasteiger partial charge on any atom is -0.444 e. The number of amides is 2. The van der Waals surface area contributed by atoms with Gasteiger partial charge in [0.15, 0.2) is 0 Å². The van der Waals surface area contributed by atoms with Crippen LogP contribution in [-0.2, 0) is 20.1 Å². The summed E-state index contributed by atoms with van der Waals surface area (Å²) in [6.45, 7) is 5.32. The number of carbonyl (C=O) groups excluding carboxylic acids is 2. The van der Waals surface area contributed by atoms with E-state index in [1.165, 1.54) is 14.2 Å². The van der Waals surface area contributed by atoms with Gasteiger partial charge in [0.2, 0.25) is 0 Å². The van der Waals surface area contributed by atoms with Crippen LogP contribution in [0.3, 0.4) is 0 Å². The number of nitrogens with zero attached hydrogens (tertiary/aromatic N) is 1. The van der Waals surface area contributed by atoms with Crippen LogP contribution in [-0.4, -0.2) is 48.6 Å². The summed E-state index contributed by atoms with van der Waals surface area (Å²) in [5, 5.41) is 3.72. The summed E-state index contributed by atoms with van der Waals surface area (Å²) in [7, 11) is 2.91. The van der Waals surface area contributed by atoms with Crippen molar-refractivity contribution in [2.24, 2.45) is 0 Å². The number of hydrogen-bond acceptors (Lipinski definition) is 5. The predicted molar refractivity (Wildman–Crippen MR) is 95.5 cm³/mol. The molecule has 0 unspecified atom stereocenters. The molecule has 0 radical (unpaired) electrons. The van der Waals surface area contributed by atoms with Crippen LogP contribution in [0.15, 0.2) is 30.3 Å². The molecule has 1 aromatic rings. The van der Waals surface area contributed by atoms with E-state index in [-0.39, 0.29) is 5.91 Å². The molecule has 7 heteroatoms. The van der Waals surface area contributed by atoms with Crippen LogP contribution in [0, 0.1) is 0 Å². The minimum absolute atomic E-state index is 0.330. The zero-order valence-electron chi connectivity index (χ0n) is 14.9. The molecule has 0 saturated carbocycles. The molecule has 0 heterocycles. The van der Waals surface area contributed by atoms with Gasteiger partial charge in [0.05, 0.1) is 7.11 Å². The van der Waals surface area contributed by atoms with Crippen LogP contribution < -0.4 is 5.32 Å². The largest absolute Gasteiger partial charge is 0.444 e. The lowest BCUT2D eigenvalue weighted by molar-refractivity contribution is -0.170. The van der Waals surface area contributed by atoms with E-state index < -0.39 is 17.7 Å². The summed E-state index contributed by atoms with van der Waals surface area (Å²) >= 11 is 1.56. The molecule has 0 aliphatic rings. The van der Waals surface area contributed by atoms with Gasteiger partial charge in [-0.3, -0.25) is 9.63 Å². The fourth-order valence-electron chi connectivity index (χ4n) is 1.80. The molecule has 6 nitrogen and oxygen atoms in total. The third-order valence-electron chi connectivity index (χ3n) is 2.97. The number of hydroxylamine groups is 2. The summed E-state index contributed by atoms with van der Waals surface area (Å²) in [5.74, 6) is 0.835. The molecule has 0 aliphatic carbocycles. The molecule has 1 N–H and O–H groups in total. The molecule has 0 aromatic heterocycles. The molecule has 0 spiro atoms. The SMILES string of the molecule is CON(C)C(=O)[C@H](CSCc1ccccc1)NC(=O)OC(C)(C)C. The minimum atomic E-state index is -0.724. The molecule has 0 saturated heterocycles. The first-order chi connectivity index (χ1) is 11.2. The second-order valence-corrected chi connectivity index (χ2v) is 7.25. The maximum atomic E-state index is 12.3. The molecule has 1 rings (SSSR count). The Kier molecular flexibility index (Phi) is 8.07. The number of nitrogens with one attached hydrogen (secondary N) is 1. The van der Waals surface area contributed by atoms with Crippen LogP contribution in [0.4, 0.5) is 4.79 Å². The monoisotopic (exact) mass is 354 g/mol. The van der Waals surface area contributed by atoms with Crippen molar-refractivity contribution in [1.82, 2.24) is 10.4 Å². The van der Waals surface area contributed by atoms with E-state index in [1.54, 1.807) is 32.5 Å². The van der Waals surface area contributed by atoms with Crippen LogP contribution in [0.1, 0.15) is 26.3 Å². The van der Waals surface area contributed by atoms with E-state index in [1.807, 2.05) is 30.3 Å². The van der Waals surface area contributed by atoms with Gasteiger partial charge in [-0.1, -0.05) is 30.3 Å². The van der Waals surface area contributed by atoms with Gasteiger partial charge in [-0.2, -0.15) is 11.8 Å². The molecule has 0 fully saturated rings. The number of likely N-dealkylation sites (N-methyl/N-ethyl adjacent to an activating group) is 1. The van der Waals surface area contributed by atoms with Crippen LogP contribution in [0.2, 0.25) is 0 Å². The molecule has 134 valence electrons. The third-order valence-corrected chi connectivity index (χ3v) is 4.08. The molecule has 1 aromatic carbocycles. The quantitative estimate of drug-likeness (QED) is 0.763. The average molecular weight is 354 g/mol. The number of alkyl carbamates (subject to hydrolysis) is 1. The lowest BCUT2D eigenvalue weighted by atomic mass is 10.2. The van der Waals surface area contributed by atoms with Gasteiger partial charge in [0, 0.05) is 18.6 Å². The average Bonchev–Trinajstić information content (AvgIpc) is 2.51. The van der Waals surface area contributed by atoms with E-state index in [4.69, 9.17) is 9.57 Å². The van der Waals surface area contributed by atoms with Gasteiger partial charge in [0.25, 0.3) is 5.91 Å². The van der Waals surface area contributed by atoms with Gasteiger partial charge < -0.3 is 10.1 Å². The van der Waals surface area contributed by atoms with E-state index >= 15 is 0 Å². The van der Waals surface area contributed by atoms with Crippen molar-refractivity contribution in [3.8, 4) is 0 Å². The first kappa shape index (κ1) is 20.3. The Hall–Kier alpha value is -1.73.